The van der Waals surface area contributed by atoms with Crippen LogP contribution in [0.25, 0.3) is 16.8 Å². The highest BCUT2D eigenvalue weighted by Gasteiger charge is 2.31. The molecule has 0 saturated carbocycles. The minimum Gasteiger partial charge on any atom is -0.479 e. The minimum absolute atomic E-state index is 0.0321. The molecule has 27 heavy (non-hydrogen) atoms. The Morgan fingerprint density at radius 3 is 2.89 bits per heavy atom. The van der Waals surface area contributed by atoms with Crippen molar-refractivity contribution in [3.05, 3.63) is 24.7 Å². The Morgan fingerprint density at radius 1 is 1.37 bits per heavy atom. The summed E-state index contributed by atoms with van der Waals surface area (Å²) in [5.74, 6) is -0.0365. The highest BCUT2D eigenvalue weighted by Crippen LogP contribution is 2.34. The number of ether oxygens (including phenoxy) is 2. The van der Waals surface area contributed by atoms with Crippen molar-refractivity contribution in [3.63, 3.8) is 0 Å². The first-order chi connectivity index (χ1) is 12.9. The van der Waals surface area contributed by atoms with Crippen molar-refractivity contribution in [1.29, 1.82) is 0 Å². The Bertz CT molecular complexity index is 926. The lowest BCUT2D eigenvalue weighted by Gasteiger charge is -2.12. The van der Waals surface area contributed by atoms with Crippen LogP contribution in [0.1, 0.15) is 0 Å². The second-order valence-electron chi connectivity index (χ2n) is 5.96. The molecule has 0 radical (unpaired) electrons. The first-order valence-corrected chi connectivity index (χ1v) is 7.97. The topological polar surface area (TPSA) is 89.4 Å². The molecule has 144 valence electrons. The van der Waals surface area contributed by atoms with Gasteiger partial charge in [-0.1, -0.05) is 0 Å². The van der Waals surface area contributed by atoms with Crippen LogP contribution in [0.15, 0.2) is 24.7 Å². The van der Waals surface area contributed by atoms with Gasteiger partial charge in [0.15, 0.2) is 18.0 Å². The van der Waals surface area contributed by atoms with E-state index in [1.165, 1.54) is 23.1 Å². The lowest BCUT2D eigenvalue weighted by molar-refractivity contribution is -0.153. The molecule has 4 rings (SSSR count). The summed E-state index contributed by atoms with van der Waals surface area (Å²) in [5, 5.41) is 13.3. The molecular weight excluding hydrogens is 372 g/mol. The maximum Gasteiger partial charge on any atom is 0.422 e. The van der Waals surface area contributed by atoms with Crippen LogP contribution in [0, 0.1) is 0 Å². The number of anilines is 1. The molecule has 8 nitrogen and oxygen atoms in total. The van der Waals surface area contributed by atoms with Gasteiger partial charge in [-0.15, -0.1) is 5.10 Å². The summed E-state index contributed by atoms with van der Waals surface area (Å²) in [6.07, 6.45) is -1.26. The fourth-order valence-electron chi connectivity index (χ4n) is 2.73. The number of aromatic nitrogens is 5. The Balaban J connectivity index is 1.72. The Kier molecular flexibility index (Phi) is 4.34. The van der Waals surface area contributed by atoms with E-state index in [1.807, 2.05) is 0 Å². The standard InChI is InChI=1S/C15H14F4N6O2/c16-10-5-26-6-11(10)22-14-23-13-12(27-7-15(17,18)19)9(1-2-25(13)24-14)8-3-20-21-4-8/h1-4,10-11H,5-7H2,(H,20,21)(H,22,24)/t10-,11?/m1/s1. The van der Waals surface area contributed by atoms with Crippen LogP contribution in [0.2, 0.25) is 0 Å². The van der Waals surface area contributed by atoms with Gasteiger partial charge in [0.25, 0.3) is 0 Å². The molecule has 3 aromatic rings. The van der Waals surface area contributed by atoms with E-state index in [0.29, 0.717) is 11.1 Å². The lowest BCUT2D eigenvalue weighted by Crippen LogP contribution is -2.29. The number of hydrogen-bond acceptors (Lipinski definition) is 6. The van der Waals surface area contributed by atoms with Gasteiger partial charge < -0.3 is 14.8 Å². The number of H-pyrrole nitrogens is 1. The Labute approximate surface area is 149 Å². The molecule has 1 unspecified atom stereocenters. The van der Waals surface area contributed by atoms with Crippen molar-refractivity contribution in [3.8, 4) is 16.9 Å². The molecule has 2 N–H and O–H groups in total. The molecule has 12 heteroatoms. The van der Waals surface area contributed by atoms with Crippen molar-refractivity contribution < 1.29 is 27.0 Å². The second kappa shape index (κ2) is 6.68. The molecule has 1 aliphatic rings. The summed E-state index contributed by atoms with van der Waals surface area (Å²) in [5.41, 5.74) is 0.960. The van der Waals surface area contributed by atoms with E-state index in [4.69, 9.17) is 9.47 Å². The highest BCUT2D eigenvalue weighted by atomic mass is 19.4. The Hall–Kier alpha value is -2.89. The van der Waals surface area contributed by atoms with Crippen LogP contribution in [0.4, 0.5) is 23.5 Å². The number of aromatic amines is 1. The van der Waals surface area contributed by atoms with Crippen LogP contribution in [0.3, 0.4) is 0 Å². The summed E-state index contributed by atoms with van der Waals surface area (Å²) in [4.78, 5) is 4.18. The zero-order chi connectivity index (χ0) is 19.0. The smallest absolute Gasteiger partial charge is 0.422 e. The zero-order valence-electron chi connectivity index (χ0n) is 13.7. The number of halogens is 4. The van der Waals surface area contributed by atoms with Gasteiger partial charge in [0.05, 0.1) is 25.5 Å². The summed E-state index contributed by atoms with van der Waals surface area (Å²) < 4.78 is 63.1. The monoisotopic (exact) mass is 386 g/mol. The van der Waals surface area contributed by atoms with Crippen molar-refractivity contribution in [1.82, 2.24) is 24.8 Å². The van der Waals surface area contributed by atoms with E-state index in [-0.39, 0.29) is 30.6 Å². The van der Waals surface area contributed by atoms with Gasteiger partial charge in [-0.05, 0) is 6.07 Å². The largest absolute Gasteiger partial charge is 0.479 e. The SMILES string of the molecule is F[C@@H]1COCC1Nc1nc2c(OCC(F)(F)F)c(-c3cn[nH]c3)ccn2n1. The van der Waals surface area contributed by atoms with Crippen LogP contribution in [-0.4, -0.2) is 63.0 Å². The second-order valence-corrected chi connectivity index (χ2v) is 5.96. The summed E-state index contributed by atoms with van der Waals surface area (Å²) >= 11 is 0. The van der Waals surface area contributed by atoms with Crippen LogP contribution in [-0.2, 0) is 4.74 Å². The quantitative estimate of drug-likeness (QED) is 0.654. The molecule has 0 amide bonds. The molecule has 0 bridgehead atoms. The molecule has 0 aromatic carbocycles. The number of rotatable bonds is 5. The normalized spacial score (nSPS) is 20.3. The summed E-state index contributed by atoms with van der Waals surface area (Å²) in [6, 6.07) is 0.911. The van der Waals surface area contributed by atoms with Gasteiger partial charge >= 0.3 is 6.18 Å². The third kappa shape index (κ3) is 3.65. The number of pyridine rings is 1. The molecule has 4 heterocycles. The maximum absolute atomic E-state index is 13.7. The van der Waals surface area contributed by atoms with Gasteiger partial charge in [-0.25, -0.2) is 8.91 Å². The summed E-state index contributed by atoms with van der Waals surface area (Å²) in [6.45, 7) is -1.37. The predicted molar refractivity (Wildman–Crippen MR) is 85.2 cm³/mol. The van der Waals surface area contributed by atoms with E-state index in [2.05, 4.69) is 25.6 Å². The number of hydrogen-bond donors (Lipinski definition) is 2. The first-order valence-electron chi connectivity index (χ1n) is 7.97. The van der Waals surface area contributed by atoms with E-state index in [9.17, 15) is 17.6 Å². The van der Waals surface area contributed by atoms with Crippen molar-refractivity contribution in [2.75, 3.05) is 25.1 Å². The van der Waals surface area contributed by atoms with Crippen molar-refractivity contribution in [2.24, 2.45) is 0 Å². The van der Waals surface area contributed by atoms with E-state index in [0.717, 1.165) is 0 Å². The van der Waals surface area contributed by atoms with E-state index < -0.39 is 25.0 Å². The fourth-order valence-corrected chi connectivity index (χ4v) is 2.73. The molecule has 1 aliphatic heterocycles. The number of fused-ring (bicyclic) bond motifs is 1. The van der Waals surface area contributed by atoms with Gasteiger partial charge in [-0.3, -0.25) is 5.10 Å². The summed E-state index contributed by atoms with van der Waals surface area (Å²) in [7, 11) is 0. The lowest BCUT2D eigenvalue weighted by atomic mass is 10.1. The van der Waals surface area contributed by atoms with Crippen LogP contribution < -0.4 is 10.1 Å². The number of alkyl halides is 4. The molecule has 0 spiro atoms. The highest BCUT2D eigenvalue weighted by molar-refractivity contribution is 5.77. The molecule has 3 aromatic heterocycles. The number of nitrogens with zero attached hydrogens (tertiary/aromatic N) is 4. The van der Waals surface area contributed by atoms with Gasteiger partial charge in [-0.2, -0.15) is 23.3 Å². The maximum atomic E-state index is 13.7. The third-order valence-electron chi connectivity index (χ3n) is 3.98. The van der Waals surface area contributed by atoms with E-state index in [1.54, 1.807) is 6.07 Å². The van der Waals surface area contributed by atoms with E-state index >= 15 is 0 Å². The van der Waals surface area contributed by atoms with Crippen molar-refractivity contribution in [2.45, 2.75) is 18.4 Å². The third-order valence-corrected chi connectivity index (χ3v) is 3.98. The van der Waals surface area contributed by atoms with Crippen molar-refractivity contribution >= 4 is 11.6 Å². The number of nitrogens with one attached hydrogen (secondary N) is 2. The zero-order valence-corrected chi connectivity index (χ0v) is 13.7. The minimum atomic E-state index is -4.52. The average Bonchev–Trinajstić information content (AvgIpc) is 3.33. The average molecular weight is 386 g/mol. The molecule has 0 aliphatic carbocycles. The fraction of sp³-hybridized carbons (Fsp3) is 0.400. The molecule has 2 atom stereocenters. The molecule has 1 saturated heterocycles. The predicted octanol–water partition coefficient (Wildman–Crippen LogP) is 2.21. The van der Waals surface area contributed by atoms with Crippen LogP contribution >= 0.6 is 0 Å². The first kappa shape index (κ1) is 17.5. The van der Waals surface area contributed by atoms with Crippen LogP contribution in [0.5, 0.6) is 5.75 Å². The van der Waals surface area contributed by atoms with Gasteiger partial charge in [0, 0.05) is 23.5 Å². The molecule has 1 fully saturated rings. The van der Waals surface area contributed by atoms with Gasteiger partial charge in [0.1, 0.15) is 6.17 Å². The Morgan fingerprint density at radius 2 is 2.22 bits per heavy atom. The molecular formula is C15H14F4N6O2. The van der Waals surface area contributed by atoms with Gasteiger partial charge in [0.2, 0.25) is 5.95 Å².